The molecular formula is C12H8BrClN2O2S. The van der Waals surface area contributed by atoms with E-state index in [1.54, 1.807) is 0 Å². The first kappa shape index (κ1) is 14.0. The summed E-state index contributed by atoms with van der Waals surface area (Å²) in [6, 6.07) is 6.11. The van der Waals surface area contributed by atoms with Crippen molar-refractivity contribution in [3.8, 4) is 5.75 Å². The van der Waals surface area contributed by atoms with Crippen molar-refractivity contribution in [2.24, 2.45) is 5.10 Å². The van der Waals surface area contributed by atoms with Crippen LogP contribution in [-0.2, 0) is 0 Å². The molecule has 1 aromatic heterocycles. The molecule has 1 aromatic carbocycles. The van der Waals surface area contributed by atoms with Gasteiger partial charge in [0, 0.05) is 19.8 Å². The lowest BCUT2D eigenvalue weighted by Crippen LogP contribution is -2.17. The number of halogens is 2. The van der Waals surface area contributed by atoms with Gasteiger partial charge in [-0.25, -0.2) is 5.43 Å². The van der Waals surface area contributed by atoms with E-state index in [0.29, 0.717) is 5.02 Å². The van der Waals surface area contributed by atoms with Crippen LogP contribution in [0.15, 0.2) is 39.2 Å². The first-order valence-electron chi connectivity index (χ1n) is 5.12. The van der Waals surface area contributed by atoms with Crippen molar-refractivity contribution in [1.82, 2.24) is 5.43 Å². The number of thiophene rings is 1. The molecule has 7 heteroatoms. The maximum absolute atomic E-state index is 11.8. The summed E-state index contributed by atoms with van der Waals surface area (Å²) in [6.45, 7) is 0. The highest BCUT2D eigenvalue weighted by molar-refractivity contribution is 9.10. The predicted molar refractivity (Wildman–Crippen MR) is 80.2 cm³/mol. The summed E-state index contributed by atoms with van der Waals surface area (Å²) < 4.78 is 0.956. The fraction of sp³-hybridized carbons (Fsp3) is 0. The van der Waals surface area contributed by atoms with Gasteiger partial charge in [-0.15, -0.1) is 11.3 Å². The molecule has 0 atom stereocenters. The fourth-order valence-corrected chi connectivity index (χ4v) is 2.78. The molecule has 0 saturated carbocycles. The Labute approximate surface area is 126 Å². The molecule has 2 N–H and O–H groups in total. The average Bonchev–Trinajstić information content (AvgIpc) is 2.78. The van der Waals surface area contributed by atoms with E-state index in [0.717, 1.165) is 9.35 Å². The van der Waals surface area contributed by atoms with Crippen LogP contribution in [0.4, 0.5) is 0 Å². The summed E-state index contributed by atoms with van der Waals surface area (Å²) in [7, 11) is 0. The van der Waals surface area contributed by atoms with Crippen molar-refractivity contribution < 1.29 is 9.90 Å². The predicted octanol–water partition coefficient (Wildman–Crippen LogP) is 3.63. The topological polar surface area (TPSA) is 61.7 Å². The van der Waals surface area contributed by atoms with E-state index in [2.05, 4.69) is 26.5 Å². The quantitative estimate of drug-likeness (QED) is 0.649. The van der Waals surface area contributed by atoms with Crippen LogP contribution < -0.4 is 5.43 Å². The number of amides is 1. The van der Waals surface area contributed by atoms with E-state index in [1.165, 1.54) is 35.8 Å². The van der Waals surface area contributed by atoms with Crippen LogP contribution in [0.3, 0.4) is 0 Å². The molecule has 98 valence electrons. The lowest BCUT2D eigenvalue weighted by Gasteiger charge is -2.02. The summed E-state index contributed by atoms with van der Waals surface area (Å²) >= 11 is 10.6. The van der Waals surface area contributed by atoms with Gasteiger partial charge >= 0.3 is 0 Å². The molecule has 1 amide bonds. The van der Waals surface area contributed by atoms with Gasteiger partial charge in [0.25, 0.3) is 5.91 Å². The molecule has 0 spiro atoms. The molecule has 19 heavy (non-hydrogen) atoms. The van der Waals surface area contributed by atoms with Crippen LogP contribution in [0.1, 0.15) is 15.2 Å². The highest BCUT2D eigenvalue weighted by Crippen LogP contribution is 2.21. The number of hydrogen-bond donors (Lipinski definition) is 2. The number of benzene rings is 1. The van der Waals surface area contributed by atoms with Crippen molar-refractivity contribution in [1.29, 1.82) is 0 Å². The fourth-order valence-electron chi connectivity index (χ4n) is 1.30. The minimum Gasteiger partial charge on any atom is -0.507 e. The smallest absolute Gasteiger partial charge is 0.275 e. The summed E-state index contributed by atoms with van der Waals surface area (Å²) in [5, 5.41) is 15.6. The van der Waals surface area contributed by atoms with Crippen molar-refractivity contribution in [3.05, 3.63) is 49.6 Å². The van der Waals surface area contributed by atoms with Crippen LogP contribution in [0, 0.1) is 0 Å². The lowest BCUT2D eigenvalue weighted by molar-refractivity contribution is 0.0952. The van der Waals surface area contributed by atoms with Gasteiger partial charge in [-0.1, -0.05) is 11.6 Å². The second-order valence-electron chi connectivity index (χ2n) is 3.53. The zero-order chi connectivity index (χ0) is 13.8. The Morgan fingerprint density at radius 3 is 2.95 bits per heavy atom. The number of carbonyl (C=O) groups excluding carboxylic acids is 1. The number of nitrogens with zero attached hydrogens (tertiary/aromatic N) is 1. The Hall–Kier alpha value is -1.37. The number of phenolic OH excluding ortho intramolecular Hbond substituents is 1. The lowest BCUT2D eigenvalue weighted by atomic mass is 10.2. The maximum Gasteiger partial charge on any atom is 0.275 e. The molecule has 2 aromatic rings. The highest BCUT2D eigenvalue weighted by atomic mass is 79.9. The molecule has 0 radical (unpaired) electrons. The normalized spacial score (nSPS) is 10.8. The Bertz CT molecular complexity index is 642. The zero-order valence-electron chi connectivity index (χ0n) is 9.43. The molecule has 0 bridgehead atoms. The first-order chi connectivity index (χ1) is 9.06. The Morgan fingerprint density at radius 1 is 1.47 bits per heavy atom. The number of rotatable bonds is 3. The van der Waals surface area contributed by atoms with E-state index >= 15 is 0 Å². The van der Waals surface area contributed by atoms with Gasteiger partial charge in [-0.05, 0) is 40.2 Å². The minimum atomic E-state index is -0.521. The average molecular weight is 360 g/mol. The van der Waals surface area contributed by atoms with E-state index in [9.17, 15) is 9.90 Å². The highest BCUT2D eigenvalue weighted by Gasteiger charge is 2.10. The van der Waals surface area contributed by atoms with Gasteiger partial charge in [0.15, 0.2) is 0 Å². The van der Waals surface area contributed by atoms with E-state index in [4.69, 9.17) is 11.6 Å². The largest absolute Gasteiger partial charge is 0.507 e. The van der Waals surface area contributed by atoms with Crippen molar-refractivity contribution in [3.63, 3.8) is 0 Å². The van der Waals surface area contributed by atoms with Crippen molar-refractivity contribution >= 4 is 51.0 Å². The number of hydrazone groups is 1. The van der Waals surface area contributed by atoms with E-state index in [-0.39, 0.29) is 11.3 Å². The molecular weight excluding hydrogens is 352 g/mol. The SMILES string of the molecule is O=C(N/N=C/c1cc(Br)cs1)c1cc(Cl)ccc1O. The number of aromatic hydroxyl groups is 1. The number of carbonyl (C=O) groups is 1. The summed E-state index contributed by atoms with van der Waals surface area (Å²) in [4.78, 5) is 12.7. The van der Waals surface area contributed by atoms with Gasteiger partial charge in [0.1, 0.15) is 5.75 Å². The molecule has 0 aliphatic rings. The maximum atomic E-state index is 11.8. The third-order valence-electron chi connectivity index (χ3n) is 2.15. The second kappa shape index (κ2) is 6.18. The monoisotopic (exact) mass is 358 g/mol. The Balaban J connectivity index is 2.05. The van der Waals surface area contributed by atoms with Crippen molar-refractivity contribution in [2.45, 2.75) is 0 Å². The number of hydrogen-bond acceptors (Lipinski definition) is 4. The van der Waals surface area contributed by atoms with Crippen LogP contribution in [-0.4, -0.2) is 17.2 Å². The molecule has 1 heterocycles. The third kappa shape index (κ3) is 3.79. The molecule has 0 aliphatic carbocycles. The summed E-state index contributed by atoms with van der Waals surface area (Å²) in [5.41, 5.74) is 2.41. The van der Waals surface area contributed by atoms with E-state index < -0.39 is 5.91 Å². The van der Waals surface area contributed by atoms with Gasteiger partial charge in [-0.3, -0.25) is 4.79 Å². The molecule has 2 rings (SSSR count). The molecule has 0 fully saturated rings. The van der Waals surface area contributed by atoms with Crippen LogP contribution in [0.5, 0.6) is 5.75 Å². The van der Waals surface area contributed by atoms with Crippen LogP contribution in [0.2, 0.25) is 5.02 Å². The Morgan fingerprint density at radius 2 is 2.26 bits per heavy atom. The van der Waals surface area contributed by atoms with Gasteiger partial charge in [0.05, 0.1) is 11.8 Å². The van der Waals surface area contributed by atoms with Crippen LogP contribution in [0.25, 0.3) is 0 Å². The number of nitrogens with one attached hydrogen (secondary N) is 1. The Kier molecular flexibility index (Phi) is 4.57. The van der Waals surface area contributed by atoms with Gasteiger partial charge in [0.2, 0.25) is 0 Å². The molecule has 0 aliphatic heterocycles. The second-order valence-corrected chi connectivity index (χ2v) is 5.82. The number of phenols is 1. The molecule has 0 saturated heterocycles. The molecule has 4 nitrogen and oxygen atoms in total. The first-order valence-corrected chi connectivity index (χ1v) is 7.17. The van der Waals surface area contributed by atoms with Crippen LogP contribution >= 0.6 is 38.9 Å². The van der Waals surface area contributed by atoms with E-state index in [1.807, 2.05) is 11.4 Å². The minimum absolute atomic E-state index is 0.0806. The van der Waals surface area contributed by atoms with Crippen molar-refractivity contribution in [2.75, 3.05) is 0 Å². The summed E-state index contributed by atoms with van der Waals surface area (Å²) in [6.07, 6.45) is 1.52. The van der Waals surface area contributed by atoms with Gasteiger partial charge < -0.3 is 5.11 Å². The zero-order valence-corrected chi connectivity index (χ0v) is 12.6. The third-order valence-corrected chi connectivity index (χ3v) is 4.01. The standard InChI is InChI=1S/C12H8BrClN2O2S/c13-7-3-9(19-6-7)5-15-16-12(18)10-4-8(14)1-2-11(10)17/h1-6,17H,(H,16,18)/b15-5+. The van der Waals surface area contributed by atoms with Gasteiger partial charge in [-0.2, -0.15) is 5.10 Å². The molecule has 0 unspecified atom stereocenters. The summed E-state index contributed by atoms with van der Waals surface area (Å²) in [5.74, 6) is -0.664.